The summed E-state index contributed by atoms with van der Waals surface area (Å²) in [5, 5.41) is 8.88. The number of piperidine rings is 3. The molecule has 3 N–H and O–H groups in total. The van der Waals surface area contributed by atoms with Crippen LogP contribution in [0.15, 0.2) is 42.7 Å². The number of anilines is 4. The van der Waals surface area contributed by atoms with Crippen LogP contribution in [-0.4, -0.2) is 170 Å². The number of amides is 6. The summed E-state index contributed by atoms with van der Waals surface area (Å²) in [6.07, 6.45) is 7.90. The largest absolute Gasteiger partial charge is 0.495 e. The number of likely N-dealkylation sites (tertiary alicyclic amines) is 2. The molecule has 0 saturated carbocycles. The molecular formula is C52H70F2N12O6. The first-order valence-electron chi connectivity index (χ1n) is 25.8. The van der Waals surface area contributed by atoms with E-state index in [1.165, 1.54) is 30.5 Å². The number of halogens is 2. The predicted molar refractivity (Wildman–Crippen MR) is 269 cm³/mol. The number of aromatic nitrogens is 2. The van der Waals surface area contributed by atoms with Crippen LogP contribution in [0.3, 0.4) is 0 Å². The quantitative estimate of drug-likeness (QED) is 0.190. The minimum Gasteiger partial charge on any atom is -0.495 e. The van der Waals surface area contributed by atoms with E-state index in [2.05, 4.69) is 54.5 Å². The van der Waals surface area contributed by atoms with Crippen LogP contribution in [0.4, 0.5) is 36.6 Å². The van der Waals surface area contributed by atoms with Crippen LogP contribution in [0.1, 0.15) is 87.6 Å². The van der Waals surface area contributed by atoms with Crippen molar-refractivity contribution >= 4 is 52.7 Å². The fraction of sp³-hybridized carbons (Fsp3) is 0.596. The van der Waals surface area contributed by atoms with Gasteiger partial charge in [0, 0.05) is 121 Å². The van der Waals surface area contributed by atoms with Gasteiger partial charge in [-0.1, -0.05) is 13.8 Å². The van der Waals surface area contributed by atoms with Gasteiger partial charge in [0.2, 0.25) is 17.7 Å². The molecule has 18 nitrogen and oxygen atoms in total. The monoisotopic (exact) mass is 997 g/mol. The molecule has 6 aliphatic heterocycles. The SMILES string of the molecule is COc1ccc(C(=O)N2CCN(CC3CCN(C(=O)CCCNc4cc(N5CCC6(CC5)CN(c5cc(F)c(CN7CCC(C)(C)CC7)cc5F)CC(=O)N6)ncn4)CC3)CC2)cc1N1CCC(=O)NC1=O. The lowest BCUT2D eigenvalue weighted by Crippen LogP contribution is -2.66. The normalized spacial score (nSPS) is 21.2. The number of hydrogen-bond acceptors (Lipinski definition) is 13. The summed E-state index contributed by atoms with van der Waals surface area (Å²) in [6, 6.07) is 9.00. The van der Waals surface area contributed by atoms with Crippen LogP contribution in [0.2, 0.25) is 0 Å². The Labute approximate surface area is 420 Å². The lowest BCUT2D eigenvalue weighted by atomic mass is 9.82. The number of carbonyl (C=O) groups excluding carboxylic acids is 5. The smallest absolute Gasteiger partial charge is 0.328 e. The molecule has 7 heterocycles. The van der Waals surface area contributed by atoms with E-state index in [0.29, 0.717) is 106 Å². The summed E-state index contributed by atoms with van der Waals surface area (Å²) in [6.45, 7) is 14.0. The summed E-state index contributed by atoms with van der Waals surface area (Å²) in [5.74, 6) is 0.886. The van der Waals surface area contributed by atoms with Gasteiger partial charge in [0.15, 0.2) is 0 Å². The third-order valence-corrected chi connectivity index (χ3v) is 15.8. The van der Waals surface area contributed by atoms with E-state index >= 15 is 8.78 Å². The summed E-state index contributed by atoms with van der Waals surface area (Å²) in [5.41, 5.74) is 1.06. The molecule has 9 rings (SSSR count). The van der Waals surface area contributed by atoms with Gasteiger partial charge in [-0.3, -0.25) is 39.2 Å². The van der Waals surface area contributed by atoms with E-state index in [9.17, 15) is 24.0 Å². The second-order valence-corrected chi connectivity index (χ2v) is 21.4. The van der Waals surface area contributed by atoms with Crippen molar-refractivity contribution in [2.24, 2.45) is 11.3 Å². The lowest BCUT2D eigenvalue weighted by Gasteiger charge is -2.48. The van der Waals surface area contributed by atoms with Crippen molar-refractivity contribution in [3.05, 3.63) is 65.5 Å². The van der Waals surface area contributed by atoms with Crippen LogP contribution < -0.4 is 35.4 Å². The summed E-state index contributed by atoms with van der Waals surface area (Å²) < 4.78 is 36.7. The number of urea groups is 1. The molecule has 3 aromatic rings. The maximum Gasteiger partial charge on any atom is 0.328 e. The highest BCUT2D eigenvalue weighted by Crippen LogP contribution is 2.35. The van der Waals surface area contributed by atoms with Gasteiger partial charge >= 0.3 is 6.03 Å². The number of methoxy groups -OCH3 is 1. The van der Waals surface area contributed by atoms with Gasteiger partial charge in [0.25, 0.3) is 5.91 Å². The first kappa shape index (κ1) is 50.8. The molecule has 388 valence electrons. The highest BCUT2D eigenvalue weighted by Gasteiger charge is 2.42. The Kier molecular flexibility index (Phi) is 15.5. The average molecular weight is 997 g/mol. The summed E-state index contributed by atoms with van der Waals surface area (Å²) in [7, 11) is 1.50. The second-order valence-electron chi connectivity index (χ2n) is 21.4. The average Bonchev–Trinajstić information content (AvgIpc) is 3.37. The van der Waals surface area contributed by atoms with E-state index in [1.807, 2.05) is 15.9 Å². The van der Waals surface area contributed by atoms with Gasteiger partial charge in [-0.05, 0) is 93.6 Å². The highest BCUT2D eigenvalue weighted by molar-refractivity contribution is 6.07. The van der Waals surface area contributed by atoms with Crippen molar-refractivity contribution in [3.63, 3.8) is 0 Å². The van der Waals surface area contributed by atoms with Crippen molar-refractivity contribution in [3.8, 4) is 5.75 Å². The Bertz CT molecular complexity index is 2480. The molecule has 0 aliphatic carbocycles. The Hall–Kier alpha value is -6.15. The van der Waals surface area contributed by atoms with Gasteiger partial charge in [-0.25, -0.2) is 23.5 Å². The molecule has 1 spiro atoms. The molecule has 0 unspecified atom stereocenters. The molecule has 2 aromatic carbocycles. The number of benzene rings is 2. The maximum absolute atomic E-state index is 15.7. The number of hydrogen-bond donors (Lipinski definition) is 3. The first-order chi connectivity index (χ1) is 34.6. The zero-order valence-corrected chi connectivity index (χ0v) is 42.0. The third kappa shape index (κ3) is 12.0. The Morgan fingerprint density at radius 2 is 1.54 bits per heavy atom. The Morgan fingerprint density at radius 1 is 0.792 bits per heavy atom. The van der Waals surface area contributed by atoms with Crippen LogP contribution in [0.25, 0.3) is 0 Å². The van der Waals surface area contributed by atoms with Crippen LogP contribution >= 0.6 is 0 Å². The Balaban J connectivity index is 0.673. The minimum atomic E-state index is -0.585. The molecule has 0 atom stereocenters. The fourth-order valence-corrected chi connectivity index (χ4v) is 11.2. The molecule has 6 fully saturated rings. The topological polar surface area (TPSA) is 179 Å². The van der Waals surface area contributed by atoms with Crippen molar-refractivity contribution in [1.29, 1.82) is 0 Å². The lowest BCUT2D eigenvalue weighted by molar-refractivity contribution is -0.132. The van der Waals surface area contributed by atoms with Gasteiger partial charge in [-0.15, -0.1) is 0 Å². The predicted octanol–water partition coefficient (Wildman–Crippen LogP) is 4.70. The highest BCUT2D eigenvalue weighted by atomic mass is 19.1. The zero-order chi connectivity index (χ0) is 50.6. The van der Waals surface area contributed by atoms with Crippen molar-refractivity contribution in [2.45, 2.75) is 83.7 Å². The van der Waals surface area contributed by atoms with Crippen LogP contribution in [-0.2, 0) is 20.9 Å². The molecule has 1 aromatic heterocycles. The van der Waals surface area contributed by atoms with Gasteiger partial charge in [0.1, 0.15) is 35.3 Å². The van der Waals surface area contributed by atoms with Gasteiger partial charge < -0.3 is 35.0 Å². The van der Waals surface area contributed by atoms with Crippen LogP contribution in [0.5, 0.6) is 5.75 Å². The third-order valence-electron chi connectivity index (χ3n) is 15.8. The number of piperazine rings is 2. The zero-order valence-electron chi connectivity index (χ0n) is 42.0. The molecular weight excluding hydrogens is 927 g/mol. The number of carbonyl (C=O) groups is 5. The number of ether oxygens (including phenoxy) is 1. The first-order valence-corrected chi connectivity index (χ1v) is 25.8. The van der Waals surface area contributed by atoms with Gasteiger partial charge in [-0.2, -0.15) is 0 Å². The Morgan fingerprint density at radius 3 is 2.26 bits per heavy atom. The molecule has 72 heavy (non-hydrogen) atoms. The van der Waals surface area contributed by atoms with E-state index in [1.54, 1.807) is 23.1 Å². The van der Waals surface area contributed by atoms with Crippen LogP contribution in [0, 0.1) is 23.0 Å². The van der Waals surface area contributed by atoms with Crippen molar-refractivity contribution in [2.75, 3.05) is 125 Å². The van der Waals surface area contributed by atoms with Crippen molar-refractivity contribution < 1.29 is 37.5 Å². The fourth-order valence-electron chi connectivity index (χ4n) is 11.2. The minimum absolute atomic E-state index is 0.0351. The standard InChI is InChI=1S/C52H70F2N12O6/c1-51(2)11-19-60(20-12-51)32-38-27-40(54)41(29-39(38)53)65-33-47(68)59-52(34-65)13-21-62(22-14-52)45-30-44(56-35-57-45)55-15-4-5-48(69)63-16-8-36(9-17-63)31-61-23-25-64(26-24-61)49(70)37-6-7-43(72-3)42(28-37)66-18-10-46(67)58-50(66)71/h6-7,27-30,35-36H,4-5,8-26,31-34H2,1-3H3,(H,59,68)(H,55,56,57)(H,58,67,71). The molecule has 6 aliphatic rings. The number of imide groups is 1. The van der Waals surface area contributed by atoms with E-state index in [4.69, 9.17) is 4.74 Å². The number of rotatable bonds is 14. The molecule has 0 radical (unpaired) electrons. The summed E-state index contributed by atoms with van der Waals surface area (Å²) >= 11 is 0. The number of nitrogens with one attached hydrogen (secondary N) is 3. The van der Waals surface area contributed by atoms with E-state index in [-0.39, 0.29) is 54.2 Å². The molecule has 6 amide bonds. The van der Waals surface area contributed by atoms with E-state index in [0.717, 1.165) is 77.3 Å². The number of nitrogens with zero attached hydrogens (tertiary/aromatic N) is 9. The maximum atomic E-state index is 15.7. The van der Waals surface area contributed by atoms with Gasteiger partial charge in [0.05, 0.1) is 30.6 Å². The van der Waals surface area contributed by atoms with Crippen molar-refractivity contribution in [1.82, 2.24) is 40.2 Å². The summed E-state index contributed by atoms with van der Waals surface area (Å²) in [4.78, 5) is 86.8. The molecule has 0 bridgehead atoms. The van der Waals surface area contributed by atoms with E-state index < -0.39 is 23.2 Å². The molecule has 20 heteroatoms. The second kappa shape index (κ2) is 21.9. The molecule has 6 saturated heterocycles.